The number of rotatable bonds is 4. The predicted octanol–water partition coefficient (Wildman–Crippen LogP) is 1.55. The van der Waals surface area contributed by atoms with Gasteiger partial charge in [-0.2, -0.15) is 0 Å². The summed E-state index contributed by atoms with van der Waals surface area (Å²) >= 11 is 3.27. The minimum atomic E-state index is -0.776. The average Bonchev–Trinajstić information content (AvgIpc) is 2.21. The van der Waals surface area contributed by atoms with E-state index < -0.39 is 6.10 Å². The number of phenolic OH excluding ortho intramolecular Hbond substituents is 1. The zero-order chi connectivity index (χ0) is 11.4. The van der Waals surface area contributed by atoms with Gasteiger partial charge in [0.15, 0.2) is 11.5 Å². The Balaban J connectivity index is 3.11. The lowest BCUT2D eigenvalue weighted by molar-refractivity contribution is 0.165. The molecule has 0 bridgehead atoms. The molecule has 1 rings (SSSR count). The summed E-state index contributed by atoms with van der Waals surface area (Å²) in [6.45, 7) is 0.357. The molecule has 1 aromatic rings. The average molecular weight is 276 g/mol. The molecule has 4 N–H and O–H groups in total. The number of methoxy groups -OCH3 is 1. The van der Waals surface area contributed by atoms with Gasteiger partial charge in [0.1, 0.15) is 0 Å². The van der Waals surface area contributed by atoms with Crippen molar-refractivity contribution in [2.45, 2.75) is 12.5 Å². The van der Waals surface area contributed by atoms with Gasteiger partial charge in [-0.15, -0.1) is 0 Å². The molecule has 0 aliphatic carbocycles. The first-order chi connectivity index (χ1) is 7.10. The number of aliphatic hydroxyl groups excluding tert-OH is 1. The summed E-state index contributed by atoms with van der Waals surface area (Å²) in [6, 6.07) is 3.28. The fraction of sp³-hybridized carbons (Fsp3) is 0.400. The van der Waals surface area contributed by atoms with Crippen molar-refractivity contribution in [1.29, 1.82) is 0 Å². The number of phenols is 1. The lowest BCUT2D eigenvalue weighted by Crippen LogP contribution is -2.07. The molecule has 0 aliphatic heterocycles. The van der Waals surface area contributed by atoms with Crippen LogP contribution >= 0.6 is 15.9 Å². The Hall–Kier alpha value is -0.780. The highest BCUT2D eigenvalue weighted by atomic mass is 79.9. The Kier molecular flexibility index (Phi) is 4.38. The van der Waals surface area contributed by atoms with E-state index in [-0.39, 0.29) is 5.75 Å². The topological polar surface area (TPSA) is 75.7 Å². The van der Waals surface area contributed by atoms with Gasteiger partial charge in [-0.1, -0.05) is 15.9 Å². The van der Waals surface area contributed by atoms with Gasteiger partial charge in [0.05, 0.1) is 13.2 Å². The van der Waals surface area contributed by atoms with Crippen LogP contribution in [0.4, 0.5) is 0 Å². The van der Waals surface area contributed by atoms with E-state index in [0.717, 1.165) is 4.47 Å². The number of benzene rings is 1. The number of hydrogen-bond donors (Lipinski definition) is 3. The number of aromatic hydroxyl groups is 1. The molecule has 0 heterocycles. The number of aliphatic hydroxyl groups is 1. The summed E-state index contributed by atoms with van der Waals surface area (Å²) in [5, 5.41) is 19.5. The Morgan fingerprint density at radius 1 is 1.53 bits per heavy atom. The lowest BCUT2D eigenvalue weighted by atomic mass is 10.1. The largest absolute Gasteiger partial charge is 0.504 e. The summed E-state index contributed by atoms with van der Waals surface area (Å²) < 4.78 is 5.71. The van der Waals surface area contributed by atoms with Gasteiger partial charge < -0.3 is 20.7 Å². The van der Waals surface area contributed by atoms with Crippen molar-refractivity contribution >= 4 is 15.9 Å². The third-order valence-electron chi connectivity index (χ3n) is 2.09. The maximum atomic E-state index is 9.76. The molecule has 0 radical (unpaired) electrons. The van der Waals surface area contributed by atoms with Crippen LogP contribution in [-0.2, 0) is 0 Å². The van der Waals surface area contributed by atoms with Gasteiger partial charge in [-0.05, 0) is 25.1 Å². The first-order valence-corrected chi connectivity index (χ1v) is 5.34. The van der Waals surface area contributed by atoms with Crippen LogP contribution in [0.25, 0.3) is 0 Å². The molecule has 5 heteroatoms. The number of nitrogens with two attached hydrogens (primary N) is 1. The molecule has 4 nitrogen and oxygen atoms in total. The highest BCUT2D eigenvalue weighted by Gasteiger charge is 2.16. The molecule has 0 amide bonds. The van der Waals surface area contributed by atoms with Gasteiger partial charge >= 0.3 is 0 Å². The van der Waals surface area contributed by atoms with E-state index in [2.05, 4.69) is 15.9 Å². The van der Waals surface area contributed by atoms with Crippen LogP contribution in [0.15, 0.2) is 16.6 Å². The first kappa shape index (κ1) is 12.3. The van der Waals surface area contributed by atoms with Gasteiger partial charge in [0.2, 0.25) is 0 Å². The zero-order valence-corrected chi connectivity index (χ0v) is 9.99. The van der Waals surface area contributed by atoms with Crippen molar-refractivity contribution in [3.05, 3.63) is 22.2 Å². The Morgan fingerprint density at radius 3 is 2.73 bits per heavy atom. The molecule has 0 saturated heterocycles. The van der Waals surface area contributed by atoms with Crippen LogP contribution in [-0.4, -0.2) is 23.9 Å². The van der Waals surface area contributed by atoms with Crippen molar-refractivity contribution in [3.63, 3.8) is 0 Å². The smallest absolute Gasteiger partial charge is 0.163 e. The molecule has 1 atom stereocenters. The fourth-order valence-corrected chi connectivity index (χ4v) is 1.77. The molecule has 0 fully saturated rings. The molecule has 84 valence electrons. The van der Waals surface area contributed by atoms with E-state index in [1.54, 1.807) is 12.1 Å². The highest BCUT2D eigenvalue weighted by Crippen LogP contribution is 2.37. The van der Waals surface area contributed by atoms with E-state index in [0.29, 0.717) is 24.3 Å². The SMILES string of the molecule is COc1cc(Br)cc([C@@H](O)CCN)c1O. The highest BCUT2D eigenvalue weighted by molar-refractivity contribution is 9.10. The van der Waals surface area contributed by atoms with Crippen molar-refractivity contribution in [2.75, 3.05) is 13.7 Å². The molecule has 15 heavy (non-hydrogen) atoms. The molecule has 0 aromatic heterocycles. The van der Waals surface area contributed by atoms with Crippen LogP contribution in [0.1, 0.15) is 18.1 Å². The van der Waals surface area contributed by atoms with Gasteiger partial charge in [-0.25, -0.2) is 0 Å². The molecule has 0 spiro atoms. The second kappa shape index (κ2) is 5.34. The number of hydrogen-bond acceptors (Lipinski definition) is 4. The van der Waals surface area contributed by atoms with Crippen LogP contribution in [0, 0.1) is 0 Å². The fourth-order valence-electron chi connectivity index (χ4n) is 1.32. The standard InChI is InChI=1S/C10H14BrNO3/c1-15-9-5-6(11)4-7(10(9)14)8(13)2-3-12/h4-5,8,13-14H,2-3,12H2,1H3/t8-/m0/s1. The Morgan fingerprint density at radius 2 is 2.20 bits per heavy atom. The molecule has 0 unspecified atom stereocenters. The maximum Gasteiger partial charge on any atom is 0.163 e. The first-order valence-electron chi connectivity index (χ1n) is 4.54. The van der Waals surface area contributed by atoms with Crippen LogP contribution in [0.3, 0.4) is 0 Å². The molecular formula is C10H14BrNO3. The minimum absolute atomic E-state index is 0.0401. The summed E-state index contributed by atoms with van der Waals surface area (Å²) in [5.41, 5.74) is 5.76. The van der Waals surface area contributed by atoms with Gasteiger partial charge in [-0.3, -0.25) is 0 Å². The third kappa shape index (κ3) is 2.84. The van der Waals surface area contributed by atoms with Gasteiger partial charge in [0.25, 0.3) is 0 Å². The summed E-state index contributed by atoms with van der Waals surface area (Å²) in [6.07, 6.45) is -0.380. The molecule has 0 saturated carbocycles. The molecule has 1 aromatic carbocycles. The van der Waals surface area contributed by atoms with E-state index in [1.165, 1.54) is 7.11 Å². The quantitative estimate of drug-likeness (QED) is 0.779. The van der Waals surface area contributed by atoms with Crippen molar-refractivity contribution in [2.24, 2.45) is 5.73 Å². The van der Waals surface area contributed by atoms with Gasteiger partial charge in [0, 0.05) is 10.0 Å². The third-order valence-corrected chi connectivity index (χ3v) is 2.55. The minimum Gasteiger partial charge on any atom is -0.504 e. The summed E-state index contributed by atoms with van der Waals surface area (Å²) in [4.78, 5) is 0. The number of ether oxygens (including phenoxy) is 1. The summed E-state index contributed by atoms with van der Waals surface area (Å²) in [7, 11) is 1.46. The van der Waals surface area contributed by atoms with Crippen molar-refractivity contribution in [1.82, 2.24) is 0 Å². The normalized spacial score (nSPS) is 12.5. The van der Waals surface area contributed by atoms with Crippen LogP contribution < -0.4 is 10.5 Å². The summed E-state index contributed by atoms with van der Waals surface area (Å²) in [5.74, 6) is 0.289. The van der Waals surface area contributed by atoms with E-state index >= 15 is 0 Å². The Bertz CT molecular complexity index is 344. The monoisotopic (exact) mass is 275 g/mol. The zero-order valence-electron chi connectivity index (χ0n) is 8.40. The maximum absolute atomic E-state index is 9.76. The van der Waals surface area contributed by atoms with Crippen LogP contribution in [0.5, 0.6) is 11.5 Å². The second-order valence-corrected chi connectivity index (χ2v) is 4.05. The van der Waals surface area contributed by atoms with Crippen molar-refractivity contribution < 1.29 is 14.9 Å². The predicted molar refractivity (Wildman–Crippen MR) is 61.0 cm³/mol. The Labute approximate surface area is 96.8 Å². The van der Waals surface area contributed by atoms with Crippen molar-refractivity contribution in [3.8, 4) is 11.5 Å². The van der Waals surface area contributed by atoms with Crippen LogP contribution in [0.2, 0.25) is 0 Å². The molecular weight excluding hydrogens is 262 g/mol. The van der Waals surface area contributed by atoms with E-state index in [9.17, 15) is 10.2 Å². The van der Waals surface area contributed by atoms with E-state index in [4.69, 9.17) is 10.5 Å². The lowest BCUT2D eigenvalue weighted by Gasteiger charge is -2.14. The van der Waals surface area contributed by atoms with E-state index in [1.807, 2.05) is 0 Å². The number of halogens is 1. The molecule has 0 aliphatic rings. The second-order valence-electron chi connectivity index (χ2n) is 3.14.